The number of hydrogen-bond acceptors (Lipinski definition) is 4. The van der Waals surface area contributed by atoms with Crippen molar-refractivity contribution < 1.29 is 0 Å². The molecule has 21 heavy (non-hydrogen) atoms. The van der Waals surface area contributed by atoms with E-state index in [1.807, 2.05) is 0 Å². The molecule has 0 radical (unpaired) electrons. The van der Waals surface area contributed by atoms with Crippen LogP contribution in [0.15, 0.2) is 5.38 Å². The molecule has 0 spiro atoms. The van der Waals surface area contributed by atoms with Crippen LogP contribution in [0.3, 0.4) is 0 Å². The molecule has 120 valence electrons. The predicted molar refractivity (Wildman–Crippen MR) is 91.8 cm³/mol. The standard InChI is InChI=1S/C17H31N3S/c1-4-10-18-17-9-7-5-6-8-15(17)11-20(3)12-16-13-21-14(2)19-16/h13,15,17-18H,4-12H2,1-3H3. The number of aromatic nitrogens is 1. The zero-order valence-corrected chi connectivity index (χ0v) is 14.7. The molecule has 0 bridgehead atoms. The summed E-state index contributed by atoms with van der Waals surface area (Å²) in [5, 5.41) is 7.17. The highest BCUT2D eigenvalue weighted by molar-refractivity contribution is 7.09. The highest BCUT2D eigenvalue weighted by atomic mass is 32.1. The Labute approximate surface area is 134 Å². The molecule has 1 aromatic rings. The molecule has 2 atom stereocenters. The van der Waals surface area contributed by atoms with Gasteiger partial charge in [-0.05, 0) is 45.7 Å². The predicted octanol–water partition coefficient (Wildman–Crippen LogP) is 3.83. The van der Waals surface area contributed by atoms with Crippen molar-refractivity contribution in [3.8, 4) is 0 Å². The summed E-state index contributed by atoms with van der Waals surface area (Å²) in [4.78, 5) is 7.06. The van der Waals surface area contributed by atoms with Gasteiger partial charge in [0.15, 0.2) is 0 Å². The highest BCUT2D eigenvalue weighted by Gasteiger charge is 2.24. The van der Waals surface area contributed by atoms with E-state index in [4.69, 9.17) is 0 Å². The molecule has 3 nitrogen and oxygen atoms in total. The minimum Gasteiger partial charge on any atom is -0.314 e. The second-order valence-electron chi connectivity index (χ2n) is 6.51. The molecule has 1 saturated carbocycles. The van der Waals surface area contributed by atoms with Crippen molar-refractivity contribution in [1.29, 1.82) is 0 Å². The summed E-state index contributed by atoms with van der Waals surface area (Å²) in [5.74, 6) is 0.795. The van der Waals surface area contributed by atoms with Crippen LogP contribution in [-0.4, -0.2) is 36.1 Å². The largest absolute Gasteiger partial charge is 0.314 e. The zero-order valence-electron chi connectivity index (χ0n) is 13.9. The van der Waals surface area contributed by atoms with Gasteiger partial charge in [0.25, 0.3) is 0 Å². The van der Waals surface area contributed by atoms with Crippen LogP contribution in [0.1, 0.15) is 56.2 Å². The monoisotopic (exact) mass is 309 g/mol. The molecule has 4 heteroatoms. The van der Waals surface area contributed by atoms with Gasteiger partial charge in [0.1, 0.15) is 0 Å². The fourth-order valence-electron chi connectivity index (χ4n) is 3.42. The molecule has 2 rings (SSSR count). The highest BCUT2D eigenvalue weighted by Crippen LogP contribution is 2.25. The molecular weight excluding hydrogens is 278 g/mol. The quantitative estimate of drug-likeness (QED) is 0.776. The number of hydrogen-bond donors (Lipinski definition) is 1. The van der Waals surface area contributed by atoms with Gasteiger partial charge in [0, 0.05) is 24.5 Å². The fourth-order valence-corrected chi connectivity index (χ4v) is 4.03. The molecule has 0 aliphatic heterocycles. The third kappa shape index (κ3) is 5.68. The summed E-state index contributed by atoms with van der Waals surface area (Å²) in [6, 6.07) is 0.715. The molecule has 1 aliphatic rings. The number of aryl methyl sites for hydroxylation is 1. The number of nitrogens with one attached hydrogen (secondary N) is 1. The first-order valence-electron chi connectivity index (χ1n) is 8.52. The van der Waals surface area contributed by atoms with E-state index in [0.29, 0.717) is 6.04 Å². The molecule has 0 saturated heterocycles. The average Bonchev–Trinajstić information content (AvgIpc) is 2.73. The maximum absolute atomic E-state index is 4.59. The Morgan fingerprint density at radius 3 is 2.86 bits per heavy atom. The van der Waals surface area contributed by atoms with Gasteiger partial charge in [-0.3, -0.25) is 0 Å². The normalized spacial score (nSPS) is 23.4. The van der Waals surface area contributed by atoms with Gasteiger partial charge in [-0.1, -0.05) is 26.2 Å². The second-order valence-corrected chi connectivity index (χ2v) is 7.58. The van der Waals surface area contributed by atoms with Gasteiger partial charge in [0.2, 0.25) is 0 Å². The van der Waals surface area contributed by atoms with Gasteiger partial charge in [-0.25, -0.2) is 4.98 Å². The second kappa shape index (κ2) is 8.86. The Bertz CT molecular complexity index is 404. The minimum absolute atomic E-state index is 0.715. The van der Waals surface area contributed by atoms with Crippen molar-refractivity contribution in [3.05, 3.63) is 16.1 Å². The lowest BCUT2D eigenvalue weighted by atomic mass is 9.94. The number of rotatable bonds is 7. The Balaban J connectivity index is 1.87. The van der Waals surface area contributed by atoms with Crippen LogP contribution < -0.4 is 5.32 Å². The first-order chi connectivity index (χ1) is 10.2. The lowest BCUT2D eigenvalue weighted by Crippen LogP contribution is -2.41. The van der Waals surface area contributed by atoms with E-state index in [-0.39, 0.29) is 0 Å². The van der Waals surface area contributed by atoms with Gasteiger partial charge >= 0.3 is 0 Å². The van der Waals surface area contributed by atoms with Crippen molar-refractivity contribution in [1.82, 2.24) is 15.2 Å². The molecule has 1 aliphatic carbocycles. The van der Waals surface area contributed by atoms with E-state index < -0.39 is 0 Å². The van der Waals surface area contributed by atoms with Crippen molar-refractivity contribution in [2.75, 3.05) is 20.1 Å². The van der Waals surface area contributed by atoms with E-state index in [0.717, 1.165) is 19.0 Å². The van der Waals surface area contributed by atoms with Gasteiger partial charge in [-0.15, -0.1) is 11.3 Å². The van der Waals surface area contributed by atoms with Crippen molar-refractivity contribution in [2.45, 2.75) is 65.0 Å². The van der Waals surface area contributed by atoms with E-state index in [1.54, 1.807) is 11.3 Å². The molecule has 1 heterocycles. The van der Waals surface area contributed by atoms with Gasteiger partial charge in [0.05, 0.1) is 10.7 Å². The first-order valence-corrected chi connectivity index (χ1v) is 9.40. The fraction of sp³-hybridized carbons (Fsp3) is 0.824. The molecule has 2 unspecified atom stereocenters. The third-order valence-electron chi connectivity index (χ3n) is 4.46. The average molecular weight is 310 g/mol. The van der Waals surface area contributed by atoms with Gasteiger partial charge in [-0.2, -0.15) is 0 Å². The Morgan fingerprint density at radius 2 is 2.14 bits per heavy atom. The number of thiazole rings is 1. The SMILES string of the molecule is CCCNC1CCCCCC1CN(C)Cc1csc(C)n1. The molecule has 1 N–H and O–H groups in total. The number of nitrogens with zero attached hydrogens (tertiary/aromatic N) is 2. The molecule has 0 aromatic carbocycles. The van der Waals surface area contributed by atoms with Crippen molar-refractivity contribution in [2.24, 2.45) is 5.92 Å². The van der Waals surface area contributed by atoms with Crippen LogP contribution in [0.25, 0.3) is 0 Å². The summed E-state index contributed by atoms with van der Waals surface area (Å²) in [6.45, 7) is 7.69. The lowest BCUT2D eigenvalue weighted by molar-refractivity contribution is 0.217. The summed E-state index contributed by atoms with van der Waals surface area (Å²) >= 11 is 1.76. The molecular formula is C17H31N3S. The lowest BCUT2D eigenvalue weighted by Gasteiger charge is -2.30. The van der Waals surface area contributed by atoms with Crippen LogP contribution in [0, 0.1) is 12.8 Å². The van der Waals surface area contributed by atoms with Crippen LogP contribution >= 0.6 is 11.3 Å². The van der Waals surface area contributed by atoms with Gasteiger partial charge < -0.3 is 10.2 Å². The first kappa shape index (κ1) is 16.9. The Hall–Kier alpha value is -0.450. The van der Waals surface area contributed by atoms with Crippen LogP contribution in [0.5, 0.6) is 0 Å². The summed E-state index contributed by atoms with van der Waals surface area (Å²) in [7, 11) is 2.25. The van der Waals surface area contributed by atoms with Crippen LogP contribution in [-0.2, 0) is 6.54 Å². The minimum atomic E-state index is 0.715. The van der Waals surface area contributed by atoms with Crippen molar-refractivity contribution in [3.63, 3.8) is 0 Å². The topological polar surface area (TPSA) is 28.2 Å². The van der Waals surface area contributed by atoms with E-state index >= 15 is 0 Å². The molecule has 1 aromatic heterocycles. The van der Waals surface area contributed by atoms with E-state index in [1.165, 1.54) is 55.8 Å². The van der Waals surface area contributed by atoms with E-state index in [9.17, 15) is 0 Å². The summed E-state index contributed by atoms with van der Waals surface area (Å²) in [6.07, 6.45) is 8.18. The maximum Gasteiger partial charge on any atom is 0.0897 e. The molecule has 1 fully saturated rings. The van der Waals surface area contributed by atoms with Crippen LogP contribution in [0.2, 0.25) is 0 Å². The smallest absolute Gasteiger partial charge is 0.0897 e. The summed E-state index contributed by atoms with van der Waals surface area (Å²) in [5.41, 5.74) is 1.23. The maximum atomic E-state index is 4.59. The molecule has 0 amide bonds. The van der Waals surface area contributed by atoms with Crippen molar-refractivity contribution >= 4 is 11.3 Å². The Kier molecular flexibility index (Phi) is 7.14. The van der Waals surface area contributed by atoms with Crippen LogP contribution in [0.4, 0.5) is 0 Å². The van der Waals surface area contributed by atoms with E-state index in [2.05, 4.69) is 41.5 Å². The third-order valence-corrected chi connectivity index (χ3v) is 5.28. The summed E-state index contributed by atoms with van der Waals surface area (Å²) < 4.78 is 0. The Morgan fingerprint density at radius 1 is 1.33 bits per heavy atom. The zero-order chi connectivity index (χ0) is 15.1.